The van der Waals surface area contributed by atoms with E-state index in [1.165, 1.54) is 34.6 Å². The molecule has 0 saturated carbocycles. The van der Waals surface area contributed by atoms with E-state index in [1.54, 1.807) is 11.8 Å². The van der Waals surface area contributed by atoms with Gasteiger partial charge in [-0.15, -0.1) is 11.8 Å². The zero-order valence-electron chi connectivity index (χ0n) is 14.8. The fourth-order valence-electron chi connectivity index (χ4n) is 3.67. The van der Waals surface area contributed by atoms with Crippen LogP contribution in [0.25, 0.3) is 10.9 Å². The van der Waals surface area contributed by atoms with Crippen molar-refractivity contribution in [2.24, 2.45) is 0 Å². The largest absolute Gasteiger partial charge is 0.399 e. The number of hydrogen-bond acceptors (Lipinski definition) is 5. The summed E-state index contributed by atoms with van der Waals surface area (Å²) in [5, 5.41) is 4.36. The molecule has 1 aliphatic carbocycles. The molecule has 4 N–H and O–H groups in total. The lowest BCUT2D eigenvalue weighted by Crippen LogP contribution is -2.42. The third kappa shape index (κ3) is 3.09. The van der Waals surface area contributed by atoms with Gasteiger partial charge in [0.2, 0.25) is 0 Å². The predicted octanol–water partition coefficient (Wildman–Crippen LogP) is 1.22. The minimum absolute atomic E-state index is 0.132. The summed E-state index contributed by atoms with van der Waals surface area (Å²) in [5.41, 5.74) is 10.3. The first-order valence-corrected chi connectivity index (χ1v) is 10.9. The van der Waals surface area contributed by atoms with E-state index < -0.39 is 10.2 Å². The molecule has 0 spiro atoms. The van der Waals surface area contributed by atoms with Crippen LogP contribution in [-0.2, 0) is 29.6 Å². The van der Waals surface area contributed by atoms with Gasteiger partial charge in [0.25, 0.3) is 10.2 Å². The molecule has 0 bridgehead atoms. The number of nitrogens with one attached hydrogen (secondary N) is 2. The summed E-state index contributed by atoms with van der Waals surface area (Å²) < 4.78 is 30.7. The molecule has 7 nitrogen and oxygen atoms in total. The lowest BCUT2D eigenvalue weighted by molar-refractivity contribution is 0.487. The average Bonchev–Trinajstić information content (AvgIpc) is 3.26. The van der Waals surface area contributed by atoms with Gasteiger partial charge in [-0.2, -0.15) is 17.4 Å². The third-order valence-corrected chi connectivity index (χ3v) is 7.44. The molecule has 1 aromatic heterocycles. The van der Waals surface area contributed by atoms with Crippen molar-refractivity contribution in [2.45, 2.75) is 25.4 Å². The highest BCUT2D eigenvalue weighted by Crippen LogP contribution is 2.36. The van der Waals surface area contributed by atoms with Gasteiger partial charge in [0.1, 0.15) is 0 Å². The number of nitrogen functional groups attached to an aromatic ring is 1. The molecule has 1 aliphatic heterocycles. The number of nitrogens with two attached hydrogens (primary N) is 1. The first kappa shape index (κ1) is 17.7. The van der Waals surface area contributed by atoms with Gasteiger partial charge in [-0.1, -0.05) is 0 Å². The maximum Gasteiger partial charge on any atom is 0.279 e. The first-order chi connectivity index (χ1) is 12.3. The molecule has 0 fully saturated rings. The van der Waals surface area contributed by atoms with Crippen LogP contribution in [-0.4, -0.2) is 43.3 Å². The first-order valence-electron chi connectivity index (χ1n) is 8.49. The van der Waals surface area contributed by atoms with Gasteiger partial charge in [-0.05, 0) is 30.2 Å². The van der Waals surface area contributed by atoms with Crippen molar-refractivity contribution in [1.82, 2.24) is 18.9 Å². The van der Waals surface area contributed by atoms with Gasteiger partial charge in [0.05, 0.1) is 12.4 Å². The van der Waals surface area contributed by atoms with Crippen LogP contribution < -0.4 is 15.8 Å². The lowest BCUT2D eigenvalue weighted by Gasteiger charge is -2.18. The molecule has 1 aromatic carbocycles. The number of aromatic nitrogens is 1. The lowest BCUT2D eigenvalue weighted by atomic mass is 10.1. The Bertz CT molecular complexity index is 994. The van der Waals surface area contributed by atoms with Gasteiger partial charge >= 0.3 is 0 Å². The second-order valence-corrected chi connectivity index (χ2v) is 9.92. The molecule has 0 saturated heterocycles. The summed E-state index contributed by atoms with van der Waals surface area (Å²) in [5.74, 6) is 0.898. The van der Waals surface area contributed by atoms with Crippen molar-refractivity contribution >= 4 is 38.6 Å². The van der Waals surface area contributed by atoms with Crippen molar-refractivity contribution in [3.05, 3.63) is 40.6 Å². The van der Waals surface area contributed by atoms with Crippen LogP contribution in [0.2, 0.25) is 0 Å². The fraction of sp³-hybridized carbons (Fsp3) is 0.412. The Morgan fingerprint density at radius 2 is 2.19 bits per heavy atom. The van der Waals surface area contributed by atoms with Crippen LogP contribution in [0.5, 0.6) is 0 Å². The summed E-state index contributed by atoms with van der Waals surface area (Å²) in [6, 6.07) is 5.86. The standard InChI is InChI=1S/C17H23N5O2S2/c1-21(2)26(23,24)20-12-6-15-14-5-11(18)3-4-16(14)22(17(15)7-12)9-13-8-19-10-25-13/h3-5,8,12,19-20H,6-7,9-10,18H2,1-2H3/t12-/m1/s1. The number of allylic oxidation sites excluding steroid dienone is 1. The summed E-state index contributed by atoms with van der Waals surface area (Å²) in [6.45, 7) is 0.792. The quantitative estimate of drug-likeness (QED) is 0.665. The highest BCUT2D eigenvalue weighted by Gasteiger charge is 2.31. The number of nitrogens with zero attached hydrogens (tertiary/aromatic N) is 2. The van der Waals surface area contributed by atoms with E-state index in [2.05, 4.69) is 26.9 Å². The van der Waals surface area contributed by atoms with Crippen molar-refractivity contribution in [3.8, 4) is 0 Å². The Kier molecular flexibility index (Phi) is 4.42. The molecule has 140 valence electrons. The number of hydrogen-bond donors (Lipinski definition) is 3. The van der Waals surface area contributed by atoms with Crippen LogP contribution in [0.3, 0.4) is 0 Å². The Hall–Kier alpha value is -1.68. The van der Waals surface area contributed by atoms with Gasteiger partial charge < -0.3 is 15.6 Å². The molecular weight excluding hydrogens is 370 g/mol. The fourth-order valence-corrected chi connectivity index (χ4v) is 5.20. The van der Waals surface area contributed by atoms with Gasteiger partial charge in [0, 0.05) is 59.9 Å². The van der Waals surface area contributed by atoms with Crippen LogP contribution in [0.4, 0.5) is 5.69 Å². The smallest absolute Gasteiger partial charge is 0.279 e. The maximum absolute atomic E-state index is 12.2. The Balaban J connectivity index is 1.71. The van der Waals surface area contributed by atoms with Crippen LogP contribution in [0.1, 0.15) is 11.3 Å². The van der Waals surface area contributed by atoms with E-state index in [1.807, 2.05) is 12.1 Å². The number of benzene rings is 1. The maximum atomic E-state index is 12.2. The molecule has 26 heavy (non-hydrogen) atoms. The molecular formula is C17H23N5O2S2. The molecule has 0 radical (unpaired) electrons. The summed E-state index contributed by atoms with van der Waals surface area (Å²) >= 11 is 1.80. The van der Waals surface area contributed by atoms with E-state index in [0.717, 1.165) is 29.0 Å². The highest BCUT2D eigenvalue weighted by molar-refractivity contribution is 8.03. The second kappa shape index (κ2) is 6.49. The number of fused-ring (bicyclic) bond motifs is 3. The normalized spacial score (nSPS) is 19.8. The molecule has 9 heteroatoms. The number of anilines is 1. The highest BCUT2D eigenvalue weighted by atomic mass is 32.2. The molecule has 2 aromatic rings. The second-order valence-electron chi connectivity index (χ2n) is 6.90. The Morgan fingerprint density at radius 1 is 1.38 bits per heavy atom. The predicted molar refractivity (Wildman–Crippen MR) is 107 cm³/mol. The van der Waals surface area contributed by atoms with Crippen LogP contribution in [0, 0.1) is 0 Å². The topological polar surface area (TPSA) is 92.4 Å². The molecule has 0 amide bonds. The van der Waals surface area contributed by atoms with E-state index in [4.69, 9.17) is 5.73 Å². The average molecular weight is 394 g/mol. The Morgan fingerprint density at radius 3 is 2.88 bits per heavy atom. The molecule has 1 atom stereocenters. The van der Waals surface area contributed by atoms with Gasteiger partial charge in [-0.25, -0.2) is 0 Å². The number of rotatable bonds is 5. The monoisotopic (exact) mass is 393 g/mol. The summed E-state index contributed by atoms with van der Waals surface area (Å²) in [4.78, 5) is 1.28. The van der Waals surface area contributed by atoms with Gasteiger partial charge in [0.15, 0.2) is 0 Å². The zero-order valence-corrected chi connectivity index (χ0v) is 16.5. The molecule has 0 unspecified atom stereocenters. The number of thioether (sulfide) groups is 1. The van der Waals surface area contributed by atoms with Crippen molar-refractivity contribution in [3.63, 3.8) is 0 Å². The van der Waals surface area contributed by atoms with E-state index in [0.29, 0.717) is 12.8 Å². The molecule has 4 rings (SSSR count). The SMILES string of the molecule is CN(C)S(=O)(=O)N[C@@H]1Cc2c(n(CC3=CNCS3)c3ccc(N)cc23)C1. The van der Waals surface area contributed by atoms with Crippen molar-refractivity contribution < 1.29 is 8.42 Å². The minimum atomic E-state index is -3.45. The zero-order chi connectivity index (χ0) is 18.5. The van der Waals surface area contributed by atoms with E-state index in [-0.39, 0.29) is 6.04 Å². The molecule has 2 aliphatic rings. The molecule has 2 heterocycles. The van der Waals surface area contributed by atoms with Gasteiger partial charge in [-0.3, -0.25) is 0 Å². The van der Waals surface area contributed by atoms with Crippen molar-refractivity contribution in [2.75, 3.05) is 25.7 Å². The van der Waals surface area contributed by atoms with Crippen molar-refractivity contribution in [1.29, 1.82) is 0 Å². The third-order valence-electron chi connectivity index (χ3n) is 4.92. The van der Waals surface area contributed by atoms with Crippen LogP contribution >= 0.6 is 11.8 Å². The Labute approximate surface area is 157 Å². The summed E-state index contributed by atoms with van der Waals surface area (Å²) in [7, 11) is -0.372. The van der Waals surface area contributed by atoms with E-state index >= 15 is 0 Å². The van der Waals surface area contributed by atoms with Crippen LogP contribution in [0.15, 0.2) is 29.3 Å². The van der Waals surface area contributed by atoms with E-state index in [9.17, 15) is 8.42 Å². The summed E-state index contributed by atoms with van der Waals surface area (Å²) in [6.07, 6.45) is 3.42. The minimum Gasteiger partial charge on any atom is -0.399 e.